The second-order valence-corrected chi connectivity index (χ2v) is 3.01. The molecule has 0 aliphatic heterocycles. The Morgan fingerprint density at radius 1 is 1.07 bits per heavy atom. The second-order valence-electron chi connectivity index (χ2n) is 3.01. The Bertz CT molecular complexity index is 415. The van der Waals surface area contributed by atoms with Crippen molar-refractivity contribution in [3.8, 4) is 0 Å². The number of rotatable bonds is 2. The third-order valence-corrected chi connectivity index (χ3v) is 1.98. The van der Waals surface area contributed by atoms with Crippen molar-refractivity contribution in [3.63, 3.8) is 0 Å². The predicted molar refractivity (Wildman–Crippen MR) is 57.0 cm³/mol. The molecule has 0 atom stereocenters. The van der Waals surface area contributed by atoms with Crippen LogP contribution in [0.4, 0.5) is 5.88 Å². The van der Waals surface area contributed by atoms with E-state index in [-0.39, 0.29) is 0 Å². The van der Waals surface area contributed by atoms with E-state index in [0.717, 1.165) is 11.3 Å². The van der Waals surface area contributed by atoms with E-state index in [9.17, 15) is 0 Å². The summed E-state index contributed by atoms with van der Waals surface area (Å²) in [6.07, 6.45) is 1.62. The summed E-state index contributed by atoms with van der Waals surface area (Å²) < 4.78 is 5.14. The highest BCUT2D eigenvalue weighted by Gasteiger charge is 1.97. The molecule has 2 rings (SSSR count). The van der Waals surface area contributed by atoms with Gasteiger partial charge in [-0.3, -0.25) is 0 Å². The van der Waals surface area contributed by atoms with Gasteiger partial charge in [-0.15, -0.1) is 0 Å². The van der Waals surface area contributed by atoms with E-state index < -0.39 is 0 Å². The first-order chi connectivity index (χ1) is 6.86. The minimum Gasteiger partial charge on any atom is -0.447 e. The molecule has 0 aliphatic carbocycles. The lowest BCUT2D eigenvalue weighted by Crippen LogP contribution is -1.91. The minimum atomic E-state index is 0.645. The molecule has 0 aliphatic rings. The molecule has 0 spiro atoms. The molecule has 1 aromatic carbocycles. The van der Waals surface area contributed by atoms with E-state index >= 15 is 0 Å². The van der Waals surface area contributed by atoms with E-state index in [1.165, 1.54) is 0 Å². The van der Waals surface area contributed by atoms with E-state index in [1.54, 1.807) is 6.26 Å². The number of hydrogen-bond acceptors (Lipinski definition) is 2. The van der Waals surface area contributed by atoms with Gasteiger partial charge < -0.3 is 4.42 Å². The molecule has 0 unspecified atom stereocenters. The first-order valence-electron chi connectivity index (χ1n) is 4.50. The molecule has 1 heterocycles. The van der Waals surface area contributed by atoms with Crippen LogP contribution in [-0.4, -0.2) is 5.71 Å². The largest absolute Gasteiger partial charge is 0.447 e. The molecule has 0 amide bonds. The van der Waals surface area contributed by atoms with Crippen LogP contribution in [0.5, 0.6) is 0 Å². The Hall–Kier alpha value is -1.83. The summed E-state index contributed by atoms with van der Waals surface area (Å²) >= 11 is 0. The van der Waals surface area contributed by atoms with Crippen LogP contribution >= 0.6 is 0 Å². The minimum absolute atomic E-state index is 0.645. The smallest absolute Gasteiger partial charge is 0.218 e. The van der Waals surface area contributed by atoms with Gasteiger partial charge in [-0.2, -0.15) is 0 Å². The summed E-state index contributed by atoms with van der Waals surface area (Å²) in [5.74, 6) is 0.645. The van der Waals surface area contributed by atoms with E-state index in [1.807, 2.05) is 49.4 Å². The fourth-order valence-electron chi connectivity index (χ4n) is 1.24. The van der Waals surface area contributed by atoms with E-state index in [0.29, 0.717) is 5.88 Å². The molecule has 0 N–H and O–H groups in total. The van der Waals surface area contributed by atoms with Crippen molar-refractivity contribution in [2.24, 2.45) is 4.99 Å². The monoisotopic (exact) mass is 185 g/mol. The molecule has 0 fully saturated rings. The Balaban J connectivity index is 2.29. The molecule has 70 valence electrons. The Labute approximate surface area is 82.9 Å². The topological polar surface area (TPSA) is 25.5 Å². The second kappa shape index (κ2) is 3.92. The highest BCUT2D eigenvalue weighted by atomic mass is 16.3. The lowest BCUT2D eigenvalue weighted by Gasteiger charge is -1.97. The van der Waals surface area contributed by atoms with Crippen molar-refractivity contribution in [1.29, 1.82) is 0 Å². The van der Waals surface area contributed by atoms with Gasteiger partial charge >= 0.3 is 0 Å². The van der Waals surface area contributed by atoms with Gasteiger partial charge in [0.15, 0.2) is 0 Å². The zero-order valence-corrected chi connectivity index (χ0v) is 7.97. The Kier molecular flexibility index (Phi) is 2.45. The fraction of sp³-hybridized carbons (Fsp3) is 0.0833. The maximum atomic E-state index is 5.14. The first-order valence-corrected chi connectivity index (χ1v) is 4.50. The third kappa shape index (κ3) is 1.91. The molecule has 0 saturated carbocycles. The number of aliphatic imine (C=N–C) groups is 1. The summed E-state index contributed by atoms with van der Waals surface area (Å²) in [4.78, 5) is 4.34. The molecule has 14 heavy (non-hydrogen) atoms. The normalized spacial score (nSPS) is 11.6. The molecule has 0 saturated heterocycles. The molecule has 2 aromatic rings. The van der Waals surface area contributed by atoms with Crippen molar-refractivity contribution in [3.05, 3.63) is 54.3 Å². The lowest BCUT2D eigenvalue weighted by atomic mass is 10.1. The standard InChI is InChI=1S/C12H11NO/c1-10(11-6-3-2-4-7-11)13-12-8-5-9-14-12/h2-9H,1H3/b13-10+. The van der Waals surface area contributed by atoms with Crippen LogP contribution in [0.2, 0.25) is 0 Å². The maximum Gasteiger partial charge on any atom is 0.218 e. The number of furan rings is 1. The maximum absolute atomic E-state index is 5.14. The van der Waals surface area contributed by atoms with Gasteiger partial charge in [0.1, 0.15) is 0 Å². The SMILES string of the molecule is C/C(=N\c1ccco1)c1ccccc1. The van der Waals surface area contributed by atoms with Crippen molar-refractivity contribution in [2.45, 2.75) is 6.92 Å². The van der Waals surface area contributed by atoms with Gasteiger partial charge in [-0.25, -0.2) is 4.99 Å². The van der Waals surface area contributed by atoms with E-state index in [2.05, 4.69) is 4.99 Å². The third-order valence-electron chi connectivity index (χ3n) is 1.98. The van der Waals surface area contributed by atoms with Gasteiger partial charge in [-0.05, 0) is 18.6 Å². The predicted octanol–water partition coefficient (Wildman–Crippen LogP) is 3.42. The Morgan fingerprint density at radius 3 is 2.50 bits per heavy atom. The highest BCUT2D eigenvalue weighted by molar-refractivity contribution is 5.99. The molecule has 2 nitrogen and oxygen atoms in total. The van der Waals surface area contributed by atoms with Crippen molar-refractivity contribution < 1.29 is 4.42 Å². The highest BCUT2D eigenvalue weighted by Crippen LogP contribution is 2.13. The number of benzene rings is 1. The molecule has 2 heteroatoms. The average Bonchev–Trinajstić information content (AvgIpc) is 2.72. The fourth-order valence-corrected chi connectivity index (χ4v) is 1.24. The van der Waals surface area contributed by atoms with Crippen LogP contribution in [0.25, 0.3) is 0 Å². The van der Waals surface area contributed by atoms with Crippen molar-refractivity contribution >= 4 is 11.6 Å². The van der Waals surface area contributed by atoms with Gasteiger partial charge in [0.2, 0.25) is 5.88 Å². The van der Waals surface area contributed by atoms with Crippen LogP contribution in [0.15, 0.2) is 58.1 Å². The molecule has 1 aromatic heterocycles. The van der Waals surface area contributed by atoms with Crippen molar-refractivity contribution in [1.82, 2.24) is 0 Å². The molecular formula is C12H11NO. The summed E-state index contributed by atoms with van der Waals surface area (Å²) in [5.41, 5.74) is 2.07. The van der Waals surface area contributed by atoms with Crippen molar-refractivity contribution in [2.75, 3.05) is 0 Å². The summed E-state index contributed by atoms with van der Waals surface area (Å²) in [6.45, 7) is 1.97. The zero-order valence-electron chi connectivity index (χ0n) is 7.97. The zero-order chi connectivity index (χ0) is 9.80. The summed E-state index contributed by atoms with van der Waals surface area (Å²) in [5, 5.41) is 0. The number of nitrogens with zero attached hydrogens (tertiary/aromatic N) is 1. The first kappa shape index (κ1) is 8.75. The quantitative estimate of drug-likeness (QED) is 0.658. The van der Waals surface area contributed by atoms with Crippen LogP contribution in [0.1, 0.15) is 12.5 Å². The average molecular weight is 185 g/mol. The van der Waals surface area contributed by atoms with Gasteiger partial charge in [0.05, 0.1) is 6.26 Å². The van der Waals surface area contributed by atoms with Gasteiger partial charge in [0.25, 0.3) is 0 Å². The van der Waals surface area contributed by atoms with E-state index in [4.69, 9.17) is 4.42 Å². The number of hydrogen-bond donors (Lipinski definition) is 0. The Morgan fingerprint density at radius 2 is 1.86 bits per heavy atom. The molecule has 0 radical (unpaired) electrons. The van der Waals surface area contributed by atoms with Crippen LogP contribution in [0.3, 0.4) is 0 Å². The summed E-state index contributed by atoms with van der Waals surface area (Å²) in [6, 6.07) is 13.7. The van der Waals surface area contributed by atoms with Gasteiger partial charge in [0, 0.05) is 11.8 Å². The molecular weight excluding hydrogens is 174 g/mol. The van der Waals surface area contributed by atoms with Crippen LogP contribution < -0.4 is 0 Å². The lowest BCUT2D eigenvalue weighted by molar-refractivity contribution is 0.578. The molecule has 0 bridgehead atoms. The van der Waals surface area contributed by atoms with Crippen LogP contribution in [0, 0.1) is 0 Å². The summed E-state index contributed by atoms with van der Waals surface area (Å²) in [7, 11) is 0. The van der Waals surface area contributed by atoms with Crippen LogP contribution in [-0.2, 0) is 0 Å². The van der Waals surface area contributed by atoms with Gasteiger partial charge in [-0.1, -0.05) is 30.3 Å².